The third kappa shape index (κ3) is 6.90. The summed E-state index contributed by atoms with van der Waals surface area (Å²) in [7, 11) is 0. The second-order valence-corrected chi connectivity index (χ2v) is 10.1. The van der Waals surface area contributed by atoms with Gasteiger partial charge in [-0.15, -0.1) is 0 Å². The first-order valence-electron chi connectivity index (χ1n) is 13.5. The van der Waals surface area contributed by atoms with Gasteiger partial charge in [-0.05, 0) is 73.8 Å². The van der Waals surface area contributed by atoms with Gasteiger partial charge in [-0.3, -0.25) is 9.59 Å². The van der Waals surface area contributed by atoms with Crippen molar-refractivity contribution < 1.29 is 19.4 Å². The normalized spacial score (nSPS) is 16.0. The van der Waals surface area contributed by atoms with Gasteiger partial charge in [-0.2, -0.15) is 0 Å². The Hall–Kier alpha value is -3.88. The maximum Gasteiger partial charge on any atom is 0.305 e. The number of hydrogen-bond acceptors (Lipinski definition) is 6. The van der Waals surface area contributed by atoms with Crippen molar-refractivity contribution in [1.29, 1.82) is 0 Å². The number of fused-ring (bicyclic) bond motifs is 2. The molecule has 1 saturated carbocycles. The maximum atomic E-state index is 12.6. The Balaban J connectivity index is 0.000000222. The van der Waals surface area contributed by atoms with Crippen LogP contribution in [0.4, 0.5) is 5.82 Å². The Bertz CT molecular complexity index is 1260. The molecule has 1 amide bonds. The number of aliphatic carboxylic acids is 1. The fraction of sp³-hybridized carbons (Fsp3) is 0.448. The van der Waals surface area contributed by atoms with Gasteiger partial charge < -0.3 is 24.6 Å². The number of aryl methyl sites for hydroxylation is 3. The van der Waals surface area contributed by atoms with Crippen molar-refractivity contribution in [3.63, 3.8) is 0 Å². The smallest absolute Gasteiger partial charge is 0.305 e. The van der Waals surface area contributed by atoms with Crippen molar-refractivity contribution in [2.24, 2.45) is 5.92 Å². The summed E-state index contributed by atoms with van der Waals surface area (Å²) >= 11 is 0. The number of carboxylic acids is 1. The summed E-state index contributed by atoms with van der Waals surface area (Å²) < 4.78 is 7.40. The Labute approximate surface area is 222 Å². The van der Waals surface area contributed by atoms with E-state index in [1.165, 1.54) is 18.4 Å². The maximum absolute atomic E-state index is 12.6. The number of aromatic nitrogens is 3. The molecule has 1 aliphatic carbocycles. The van der Waals surface area contributed by atoms with Crippen LogP contribution in [0.25, 0.3) is 0 Å². The molecule has 0 atom stereocenters. The minimum atomic E-state index is -0.878. The van der Waals surface area contributed by atoms with E-state index in [2.05, 4.69) is 22.4 Å². The number of carboxylic acid groups (broad SMARTS) is 1. The largest absolute Gasteiger partial charge is 0.481 e. The van der Waals surface area contributed by atoms with Gasteiger partial charge in [0.05, 0.1) is 13.0 Å². The lowest BCUT2D eigenvalue weighted by Gasteiger charge is -2.27. The van der Waals surface area contributed by atoms with Crippen molar-refractivity contribution in [2.75, 3.05) is 31.6 Å². The molecular formula is C29H35N5O4. The predicted octanol–water partition coefficient (Wildman–Crippen LogP) is 3.83. The van der Waals surface area contributed by atoms with Crippen molar-refractivity contribution in [3.8, 4) is 5.88 Å². The van der Waals surface area contributed by atoms with E-state index in [0.717, 1.165) is 67.7 Å². The van der Waals surface area contributed by atoms with E-state index in [-0.39, 0.29) is 18.9 Å². The zero-order chi connectivity index (χ0) is 26.3. The second kappa shape index (κ2) is 12.1. The van der Waals surface area contributed by atoms with Crippen LogP contribution in [0.15, 0.2) is 48.8 Å². The molecule has 5 heterocycles. The lowest BCUT2D eigenvalue weighted by atomic mass is 10.1. The molecule has 200 valence electrons. The summed E-state index contributed by atoms with van der Waals surface area (Å²) in [6, 6.07) is 11.9. The number of carbonyl (C=O) groups is 2. The highest BCUT2D eigenvalue weighted by atomic mass is 16.5. The molecule has 0 saturated heterocycles. The standard InChI is InChI=1S/C20H24N4O3.C9H11NO/c25-18(26)7-9-23-10-11-24-13-14(12-17(24)20(23)27)3-5-16-6-4-15-2-1-8-21-19(15)22-16;1-2-6-10-9(3-1)11-7-8-4-5-8/h4,6,12-13H,1-3,5,7-11H2,(H,21,22)(H,25,26);1-3,6,8H,4-5,7H2. The van der Waals surface area contributed by atoms with Gasteiger partial charge in [0.15, 0.2) is 0 Å². The van der Waals surface area contributed by atoms with Crippen LogP contribution in [0.2, 0.25) is 0 Å². The van der Waals surface area contributed by atoms with Crippen molar-refractivity contribution in [1.82, 2.24) is 19.4 Å². The summed E-state index contributed by atoms with van der Waals surface area (Å²) in [6.07, 6.45) is 10.3. The van der Waals surface area contributed by atoms with Crippen LogP contribution >= 0.6 is 0 Å². The first-order chi connectivity index (χ1) is 18.5. The summed E-state index contributed by atoms with van der Waals surface area (Å²) in [6.45, 7) is 3.36. The van der Waals surface area contributed by atoms with Crippen LogP contribution in [0.1, 0.15) is 53.0 Å². The van der Waals surface area contributed by atoms with Gasteiger partial charge in [0.2, 0.25) is 5.88 Å². The molecule has 9 nitrogen and oxygen atoms in total. The molecule has 3 aromatic heterocycles. The third-order valence-electron chi connectivity index (χ3n) is 7.09. The van der Waals surface area contributed by atoms with Crippen LogP contribution in [0.5, 0.6) is 5.88 Å². The molecule has 0 bridgehead atoms. The van der Waals surface area contributed by atoms with E-state index in [9.17, 15) is 9.59 Å². The monoisotopic (exact) mass is 517 g/mol. The molecule has 38 heavy (non-hydrogen) atoms. The number of hydrogen-bond donors (Lipinski definition) is 2. The molecule has 3 aromatic rings. The zero-order valence-electron chi connectivity index (χ0n) is 21.6. The molecule has 0 radical (unpaired) electrons. The lowest BCUT2D eigenvalue weighted by molar-refractivity contribution is -0.137. The molecule has 9 heteroatoms. The molecule has 0 spiro atoms. The molecule has 2 aliphatic heterocycles. The summed E-state index contributed by atoms with van der Waals surface area (Å²) in [4.78, 5) is 33.7. The van der Waals surface area contributed by atoms with E-state index in [1.54, 1.807) is 11.1 Å². The first kappa shape index (κ1) is 25.8. The number of rotatable bonds is 9. The van der Waals surface area contributed by atoms with Gasteiger partial charge in [0, 0.05) is 50.3 Å². The highest BCUT2D eigenvalue weighted by molar-refractivity contribution is 5.94. The molecule has 1 fully saturated rings. The SMILES string of the molecule is O=C(O)CCN1CCn2cc(CCc3ccc4c(n3)NCCC4)cc2C1=O.c1ccc(OCC2CC2)nc1. The van der Waals surface area contributed by atoms with E-state index < -0.39 is 5.97 Å². The van der Waals surface area contributed by atoms with Crippen LogP contribution in [-0.4, -0.2) is 62.7 Å². The highest BCUT2D eigenvalue weighted by Crippen LogP contribution is 2.29. The van der Waals surface area contributed by atoms with Crippen molar-refractivity contribution in [3.05, 3.63) is 71.3 Å². The van der Waals surface area contributed by atoms with Crippen LogP contribution in [0, 0.1) is 5.92 Å². The quantitative estimate of drug-likeness (QED) is 0.444. The predicted molar refractivity (Wildman–Crippen MR) is 143 cm³/mol. The summed E-state index contributed by atoms with van der Waals surface area (Å²) in [5, 5.41) is 12.2. The molecule has 2 N–H and O–H groups in total. The Morgan fingerprint density at radius 1 is 1.16 bits per heavy atom. The third-order valence-corrected chi connectivity index (χ3v) is 7.09. The topological polar surface area (TPSA) is 110 Å². The number of carbonyl (C=O) groups excluding carboxylic acids is 1. The number of amides is 1. The fourth-order valence-electron chi connectivity index (χ4n) is 4.71. The van der Waals surface area contributed by atoms with E-state index in [0.29, 0.717) is 18.8 Å². The molecule has 6 rings (SSSR count). The molecule has 0 aromatic carbocycles. The van der Waals surface area contributed by atoms with Crippen LogP contribution in [-0.2, 0) is 30.6 Å². The Morgan fingerprint density at radius 3 is 2.84 bits per heavy atom. The second-order valence-electron chi connectivity index (χ2n) is 10.1. The molecule has 3 aliphatic rings. The molecular weight excluding hydrogens is 482 g/mol. The average Bonchev–Trinajstić information content (AvgIpc) is 3.68. The van der Waals surface area contributed by atoms with Crippen molar-refractivity contribution in [2.45, 2.75) is 51.5 Å². The van der Waals surface area contributed by atoms with Gasteiger partial charge in [-0.1, -0.05) is 12.1 Å². The number of nitrogens with zero attached hydrogens (tertiary/aromatic N) is 4. The van der Waals surface area contributed by atoms with E-state index in [1.807, 2.05) is 35.0 Å². The Kier molecular flexibility index (Phi) is 8.21. The van der Waals surface area contributed by atoms with E-state index in [4.69, 9.17) is 14.8 Å². The van der Waals surface area contributed by atoms with Gasteiger partial charge in [0.1, 0.15) is 11.5 Å². The average molecular weight is 518 g/mol. The Morgan fingerprint density at radius 2 is 2.05 bits per heavy atom. The number of pyridine rings is 2. The fourth-order valence-corrected chi connectivity index (χ4v) is 4.71. The van der Waals surface area contributed by atoms with Crippen LogP contribution in [0.3, 0.4) is 0 Å². The minimum absolute atomic E-state index is 0.0165. The number of ether oxygens (including phenoxy) is 1. The highest BCUT2D eigenvalue weighted by Gasteiger charge is 2.25. The van der Waals surface area contributed by atoms with Crippen LogP contribution < -0.4 is 10.1 Å². The number of anilines is 1. The first-order valence-corrected chi connectivity index (χ1v) is 13.5. The van der Waals surface area contributed by atoms with Crippen molar-refractivity contribution >= 4 is 17.7 Å². The summed E-state index contributed by atoms with van der Waals surface area (Å²) in [5.41, 5.74) is 4.12. The van der Waals surface area contributed by atoms with Gasteiger partial charge in [0.25, 0.3) is 5.91 Å². The van der Waals surface area contributed by atoms with E-state index >= 15 is 0 Å². The van der Waals surface area contributed by atoms with Gasteiger partial charge >= 0.3 is 5.97 Å². The van der Waals surface area contributed by atoms with Gasteiger partial charge in [-0.25, -0.2) is 9.97 Å². The summed E-state index contributed by atoms with van der Waals surface area (Å²) in [5.74, 6) is 1.61. The molecule has 0 unspecified atom stereocenters. The minimum Gasteiger partial charge on any atom is -0.481 e. The number of nitrogens with one attached hydrogen (secondary N) is 1. The lowest BCUT2D eigenvalue weighted by Crippen LogP contribution is -2.40. The zero-order valence-corrected chi connectivity index (χ0v) is 21.6.